The number of alkyl halides is 3. The summed E-state index contributed by atoms with van der Waals surface area (Å²) in [5.41, 5.74) is -0.751. The van der Waals surface area contributed by atoms with Crippen molar-refractivity contribution in [3.8, 4) is 11.4 Å². The first-order chi connectivity index (χ1) is 16.7. The van der Waals surface area contributed by atoms with Crippen LogP contribution in [0.4, 0.5) is 13.2 Å². The summed E-state index contributed by atoms with van der Waals surface area (Å²) in [5.74, 6) is -1.08. The van der Waals surface area contributed by atoms with Gasteiger partial charge in [-0.3, -0.25) is 9.13 Å². The number of hydrogen-bond donors (Lipinski definition) is 1. The summed E-state index contributed by atoms with van der Waals surface area (Å²) in [6.45, 7) is 0.224. The molecule has 0 bridgehead atoms. The lowest BCUT2D eigenvalue weighted by atomic mass is 10.1. The SMILES string of the molecule is COc1ccc(Cn2c(=O)n3c4c(c(-n5ncc(C(=O)O)c5C(F)(F)F)ccc42)C=CC=C3)cc1. The maximum Gasteiger partial charge on any atom is 0.434 e. The monoisotopic (exact) mass is 482 g/mol. The molecule has 1 aliphatic heterocycles. The molecule has 0 unspecified atom stereocenters. The summed E-state index contributed by atoms with van der Waals surface area (Å²) in [6, 6.07) is 10.1. The number of imidazole rings is 1. The number of aromatic carboxylic acids is 1. The van der Waals surface area contributed by atoms with Crippen molar-refractivity contribution < 1.29 is 27.8 Å². The van der Waals surface area contributed by atoms with Crippen molar-refractivity contribution in [3.63, 3.8) is 0 Å². The summed E-state index contributed by atoms with van der Waals surface area (Å²) in [7, 11) is 1.55. The summed E-state index contributed by atoms with van der Waals surface area (Å²) in [5, 5.41) is 13.0. The van der Waals surface area contributed by atoms with E-state index >= 15 is 0 Å². The third-order valence-electron chi connectivity index (χ3n) is 5.75. The van der Waals surface area contributed by atoms with Crippen LogP contribution in [-0.2, 0) is 12.7 Å². The number of nitrogens with zero attached hydrogens (tertiary/aromatic N) is 4. The van der Waals surface area contributed by atoms with Crippen LogP contribution in [0.25, 0.3) is 29.0 Å². The van der Waals surface area contributed by atoms with E-state index in [0.29, 0.717) is 33.2 Å². The van der Waals surface area contributed by atoms with Crippen molar-refractivity contribution in [1.29, 1.82) is 0 Å². The van der Waals surface area contributed by atoms with E-state index in [4.69, 9.17) is 4.74 Å². The summed E-state index contributed by atoms with van der Waals surface area (Å²) in [6.07, 6.45) is 1.98. The Morgan fingerprint density at radius 2 is 1.86 bits per heavy atom. The first-order valence-electron chi connectivity index (χ1n) is 10.3. The summed E-state index contributed by atoms with van der Waals surface area (Å²) >= 11 is 0. The van der Waals surface area contributed by atoms with Crippen molar-refractivity contribution in [2.45, 2.75) is 12.7 Å². The smallest absolute Gasteiger partial charge is 0.434 e. The van der Waals surface area contributed by atoms with Gasteiger partial charge in [-0.25, -0.2) is 14.3 Å². The molecule has 0 spiro atoms. The van der Waals surface area contributed by atoms with Crippen LogP contribution in [0.3, 0.4) is 0 Å². The molecule has 0 radical (unpaired) electrons. The second kappa shape index (κ2) is 8.05. The summed E-state index contributed by atoms with van der Waals surface area (Å²) in [4.78, 5) is 24.7. The van der Waals surface area contributed by atoms with E-state index in [0.717, 1.165) is 5.56 Å². The third-order valence-corrected chi connectivity index (χ3v) is 5.75. The molecule has 0 amide bonds. The highest BCUT2D eigenvalue weighted by Crippen LogP contribution is 2.36. The minimum absolute atomic E-state index is 0.00683. The van der Waals surface area contributed by atoms with E-state index < -0.39 is 23.4 Å². The quantitative estimate of drug-likeness (QED) is 0.459. The van der Waals surface area contributed by atoms with Gasteiger partial charge in [0, 0.05) is 11.8 Å². The fourth-order valence-corrected chi connectivity index (χ4v) is 4.19. The number of halogens is 3. The van der Waals surface area contributed by atoms with Gasteiger partial charge in [-0.05, 0) is 35.9 Å². The topological polar surface area (TPSA) is 91.3 Å². The van der Waals surface area contributed by atoms with Gasteiger partial charge in [-0.2, -0.15) is 18.3 Å². The Balaban J connectivity index is 1.74. The van der Waals surface area contributed by atoms with Crippen LogP contribution in [0, 0.1) is 0 Å². The number of hydrogen-bond acceptors (Lipinski definition) is 4. The van der Waals surface area contributed by atoms with Crippen molar-refractivity contribution >= 4 is 29.3 Å². The fraction of sp³-hybridized carbons (Fsp3) is 0.125. The number of ether oxygens (including phenoxy) is 1. The molecule has 1 N–H and O–H groups in total. The highest BCUT2D eigenvalue weighted by molar-refractivity contribution is 5.93. The van der Waals surface area contributed by atoms with Gasteiger partial charge >= 0.3 is 17.8 Å². The Morgan fingerprint density at radius 3 is 2.51 bits per heavy atom. The van der Waals surface area contributed by atoms with Gasteiger partial charge in [0.1, 0.15) is 11.3 Å². The van der Waals surface area contributed by atoms with Gasteiger partial charge in [-0.15, -0.1) is 0 Å². The molecule has 0 saturated heterocycles. The maximum absolute atomic E-state index is 13.9. The van der Waals surface area contributed by atoms with Gasteiger partial charge < -0.3 is 9.84 Å². The average Bonchev–Trinajstić information content (AvgIpc) is 3.29. The van der Waals surface area contributed by atoms with E-state index in [9.17, 15) is 27.9 Å². The molecule has 2 aromatic heterocycles. The number of aromatic nitrogens is 4. The number of benzene rings is 2. The van der Waals surface area contributed by atoms with Crippen LogP contribution in [0.1, 0.15) is 27.2 Å². The van der Waals surface area contributed by atoms with E-state index in [-0.39, 0.29) is 17.9 Å². The molecule has 0 saturated carbocycles. The molecule has 0 atom stereocenters. The zero-order valence-electron chi connectivity index (χ0n) is 18.2. The third kappa shape index (κ3) is 3.61. The van der Waals surface area contributed by atoms with E-state index in [1.807, 2.05) is 12.1 Å². The molecule has 2 aromatic carbocycles. The highest BCUT2D eigenvalue weighted by Gasteiger charge is 2.41. The minimum Gasteiger partial charge on any atom is -0.497 e. The Hall–Kier alpha value is -4.54. The molecule has 3 heterocycles. The molecule has 1 aliphatic rings. The largest absolute Gasteiger partial charge is 0.497 e. The zero-order valence-corrected chi connectivity index (χ0v) is 18.2. The van der Waals surface area contributed by atoms with E-state index in [1.165, 1.54) is 27.5 Å². The van der Waals surface area contributed by atoms with Gasteiger partial charge in [0.2, 0.25) is 0 Å². The van der Waals surface area contributed by atoms with Crippen LogP contribution in [0.2, 0.25) is 0 Å². The molecule has 0 aliphatic carbocycles. The highest BCUT2D eigenvalue weighted by atomic mass is 19.4. The molecule has 11 heteroatoms. The van der Waals surface area contributed by atoms with E-state index in [2.05, 4.69) is 5.10 Å². The molecule has 5 rings (SSSR count). The predicted molar refractivity (Wildman–Crippen MR) is 122 cm³/mol. The Labute approximate surface area is 195 Å². The molecule has 8 nitrogen and oxygen atoms in total. The van der Waals surface area contributed by atoms with Crippen molar-refractivity contribution in [1.82, 2.24) is 18.9 Å². The van der Waals surface area contributed by atoms with Crippen LogP contribution in [-0.4, -0.2) is 37.1 Å². The van der Waals surface area contributed by atoms with Crippen LogP contribution < -0.4 is 10.4 Å². The molecular formula is C24H17F3N4O4. The van der Waals surface area contributed by atoms with Gasteiger partial charge in [0.15, 0.2) is 5.69 Å². The molecule has 178 valence electrons. The van der Waals surface area contributed by atoms with Crippen molar-refractivity contribution in [3.05, 3.63) is 87.6 Å². The second-order valence-corrected chi connectivity index (χ2v) is 7.78. The van der Waals surface area contributed by atoms with Gasteiger partial charge in [-0.1, -0.05) is 24.3 Å². The standard InChI is InChI=1S/C24H17F3N4O4/c1-35-15-7-5-14(6-8-15)13-30-19-10-9-18(16-4-2-3-11-29(20(16)19)23(30)34)31-21(24(25,26)27)17(12-28-31)22(32)33/h2-12H,13H2,1H3,(H,32,33). The fourth-order valence-electron chi connectivity index (χ4n) is 4.19. The first-order valence-corrected chi connectivity index (χ1v) is 10.3. The lowest BCUT2D eigenvalue weighted by molar-refractivity contribution is -0.143. The zero-order chi connectivity index (χ0) is 24.9. The normalized spacial score (nSPS) is 12.8. The van der Waals surface area contributed by atoms with Crippen LogP contribution in [0.5, 0.6) is 5.75 Å². The number of carboxylic acid groups (broad SMARTS) is 1. The Morgan fingerprint density at radius 1 is 1.11 bits per heavy atom. The molecule has 4 aromatic rings. The minimum atomic E-state index is -4.97. The molecule has 35 heavy (non-hydrogen) atoms. The second-order valence-electron chi connectivity index (χ2n) is 7.78. The first kappa shape index (κ1) is 22.3. The van der Waals surface area contributed by atoms with Gasteiger partial charge in [0.05, 0.1) is 36.6 Å². The average molecular weight is 482 g/mol. The predicted octanol–water partition coefficient (Wildman–Crippen LogP) is 4.26. The van der Waals surface area contributed by atoms with Crippen molar-refractivity contribution in [2.75, 3.05) is 7.11 Å². The number of carboxylic acids is 1. The lowest BCUT2D eigenvalue weighted by Crippen LogP contribution is -2.22. The maximum atomic E-state index is 13.9. The Kier molecular flexibility index (Phi) is 5.12. The van der Waals surface area contributed by atoms with Crippen molar-refractivity contribution in [2.24, 2.45) is 0 Å². The molecule has 0 fully saturated rings. The molecular weight excluding hydrogens is 465 g/mol. The number of allylic oxidation sites excluding steroid dienone is 2. The summed E-state index contributed by atoms with van der Waals surface area (Å²) < 4.78 is 50.2. The number of methoxy groups -OCH3 is 1. The number of rotatable bonds is 5. The van der Waals surface area contributed by atoms with E-state index in [1.54, 1.807) is 37.5 Å². The van der Waals surface area contributed by atoms with Crippen LogP contribution in [0.15, 0.2) is 59.5 Å². The lowest BCUT2D eigenvalue weighted by Gasteiger charge is -2.15. The Bertz CT molecular complexity index is 1590. The van der Waals surface area contributed by atoms with Gasteiger partial charge in [0.25, 0.3) is 0 Å². The number of carbonyl (C=O) groups is 1. The van der Waals surface area contributed by atoms with Crippen LogP contribution >= 0.6 is 0 Å².